The van der Waals surface area contributed by atoms with Gasteiger partial charge in [0.15, 0.2) is 17.5 Å². The quantitative estimate of drug-likeness (QED) is 0.831. The molecule has 0 radical (unpaired) electrons. The van der Waals surface area contributed by atoms with Gasteiger partial charge in [0.25, 0.3) is 0 Å². The highest BCUT2D eigenvalue weighted by molar-refractivity contribution is 5.55. The number of aliphatic hydroxyl groups is 1. The molecule has 1 aliphatic rings. The number of hydrogen-bond acceptors (Lipinski definition) is 5. The standard InChI is InChI=1S/C15H16F5N3O2/c1-7-6-23(12(8(7)2)13(24)15(18,19)20)9-3-11(25-14(16)17)10(4-21)22-5-9/h3,5,7-8,12-14,24H,6H2,1-2H3/t7-,8-,12+,13-/m0/s1. The van der Waals surface area contributed by atoms with Gasteiger partial charge in [-0.15, -0.1) is 0 Å². The SMILES string of the molecule is C[C@@H]1[C@H]([C@H](O)C(F)(F)F)N(c2cnc(C#N)c(OC(F)F)c2)C[C@@H]1C. The van der Waals surface area contributed by atoms with Gasteiger partial charge in [0.1, 0.15) is 6.07 Å². The summed E-state index contributed by atoms with van der Waals surface area (Å²) in [6.45, 7) is 0.268. The number of alkyl halides is 5. The topological polar surface area (TPSA) is 69.4 Å². The number of aliphatic hydroxyl groups excluding tert-OH is 1. The lowest BCUT2D eigenvalue weighted by Crippen LogP contribution is -2.49. The van der Waals surface area contributed by atoms with Crippen LogP contribution in [0.5, 0.6) is 5.75 Å². The lowest BCUT2D eigenvalue weighted by molar-refractivity contribution is -0.211. The van der Waals surface area contributed by atoms with Gasteiger partial charge in [0, 0.05) is 12.6 Å². The maximum atomic E-state index is 13.0. The summed E-state index contributed by atoms with van der Waals surface area (Å²) in [5.74, 6) is -1.22. The molecule has 4 atom stereocenters. The number of ether oxygens (including phenoxy) is 1. The second kappa shape index (κ2) is 7.00. The number of aromatic nitrogens is 1. The minimum absolute atomic E-state index is 0.0687. The third kappa shape index (κ3) is 3.92. The van der Waals surface area contributed by atoms with Gasteiger partial charge in [-0.1, -0.05) is 13.8 Å². The molecule has 0 aliphatic carbocycles. The van der Waals surface area contributed by atoms with Crippen molar-refractivity contribution < 1.29 is 31.8 Å². The largest absolute Gasteiger partial charge is 0.432 e. The van der Waals surface area contributed by atoms with Crippen molar-refractivity contribution in [1.82, 2.24) is 4.98 Å². The fourth-order valence-corrected chi connectivity index (χ4v) is 3.01. The molecule has 1 aromatic rings. The first-order valence-electron chi connectivity index (χ1n) is 7.42. The molecule has 0 amide bonds. The molecule has 5 nitrogen and oxygen atoms in total. The molecular formula is C15H16F5N3O2. The molecule has 138 valence electrons. The molecule has 2 heterocycles. The molecule has 10 heteroatoms. The Bertz CT molecular complexity index is 662. The number of hydrogen-bond donors (Lipinski definition) is 1. The highest BCUT2D eigenvalue weighted by Crippen LogP contribution is 2.40. The Labute approximate surface area is 140 Å². The minimum atomic E-state index is -4.83. The summed E-state index contributed by atoms with van der Waals surface area (Å²) < 4.78 is 68.2. The van der Waals surface area contributed by atoms with E-state index in [0.29, 0.717) is 0 Å². The maximum absolute atomic E-state index is 13.0. The molecule has 1 N–H and O–H groups in total. The zero-order valence-electron chi connectivity index (χ0n) is 13.3. The summed E-state index contributed by atoms with van der Waals surface area (Å²) in [6.07, 6.45) is -6.33. The Morgan fingerprint density at radius 2 is 2.04 bits per heavy atom. The lowest BCUT2D eigenvalue weighted by Gasteiger charge is -2.33. The molecule has 25 heavy (non-hydrogen) atoms. The maximum Gasteiger partial charge on any atom is 0.416 e. The van der Waals surface area contributed by atoms with Crippen molar-refractivity contribution in [1.29, 1.82) is 5.26 Å². The second-order valence-corrected chi connectivity index (χ2v) is 6.00. The van der Waals surface area contributed by atoms with E-state index in [1.165, 1.54) is 4.90 Å². The van der Waals surface area contributed by atoms with Crippen LogP contribution >= 0.6 is 0 Å². The van der Waals surface area contributed by atoms with Gasteiger partial charge in [-0.3, -0.25) is 0 Å². The summed E-state index contributed by atoms with van der Waals surface area (Å²) in [4.78, 5) is 4.94. The molecule has 1 aromatic heterocycles. The molecule has 0 aromatic carbocycles. The molecular weight excluding hydrogens is 349 g/mol. The number of anilines is 1. The second-order valence-electron chi connectivity index (χ2n) is 6.00. The molecule has 1 aliphatic heterocycles. The normalized spacial score (nSPS) is 25.1. The van der Waals surface area contributed by atoms with E-state index in [4.69, 9.17) is 5.26 Å². The van der Waals surface area contributed by atoms with Gasteiger partial charge < -0.3 is 14.7 Å². The van der Waals surface area contributed by atoms with Crippen molar-refractivity contribution in [2.24, 2.45) is 11.8 Å². The van der Waals surface area contributed by atoms with Crippen LogP contribution in [-0.4, -0.2) is 41.6 Å². The van der Waals surface area contributed by atoms with Crippen LogP contribution in [0.2, 0.25) is 0 Å². The van der Waals surface area contributed by atoms with E-state index in [9.17, 15) is 27.1 Å². The molecule has 0 saturated carbocycles. The van der Waals surface area contributed by atoms with E-state index < -0.39 is 42.3 Å². The third-order valence-electron chi connectivity index (χ3n) is 4.43. The average Bonchev–Trinajstić information content (AvgIpc) is 2.80. The predicted molar refractivity (Wildman–Crippen MR) is 77.1 cm³/mol. The number of pyridine rings is 1. The smallest absolute Gasteiger partial charge is 0.416 e. The van der Waals surface area contributed by atoms with Gasteiger partial charge in [-0.2, -0.15) is 27.2 Å². The average molecular weight is 365 g/mol. The first-order valence-corrected chi connectivity index (χ1v) is 7.42. The zero-order chi connectivity index (χ0) is 18.9. The van der Waals surface area contributed by atoms with E-state index in [2.05, 4.69) is 9.72 Å². The van der Waals surface area contributed by atoms with Gasteiger partial charge in [0.2, 0.25) is 0 Å². The van der Waals surface area contributed by atoms with E-state index >= 15 is 0 Å². The van der Waals surface area contributed by atoms with Crippen molar-refractivity contribution in [2.45, 2.75) is 38.8 Å². The monoisotopic (exact) mass is 365 g/mol. The first kappa shape index (κ1) is 19.2. The van der Waals surface area contributed by atoms with Crippen LogP contribution in [0.3, 0.4) is 0 Å². The fraction of sp³-hybridized carbons (Fsp3) is 0.600. The molecule has 0 bridgehead atoms. The van der Waals surface area contributed by atoms with Crippen molar-refractivity contribution in [3.8, 4) is 11.8 Å². The summed E-state index contributed by atoms with van der Waals surface area (Å²) in [6, 6.07) is 1.32. The Balaban J connectivity index is 2.43. The highest BCUT2D eigenvalue weighted by Gasteiger charge is 2.51. The summed E-state index contributed by atoms with van der Waals surface area (Å²) in [5, 5.41) is 18.6. The third-order valence-corrected chi connectivity index (χ3v) is 4.43. The summed E-state index contributed by atoms with van der Waals surface area (Å²) in [7, 11) is 0. The van der Waals surface area contributed by atoms with Crippen molar-refractivity contribution in [3.63, 3.8) is 0 Å². The van der Waals surface area contributed by atoms with E-state index in [-0.39, 0.29) is 18.2 Å². The number of nitriles is 1. The van der Waals surface area contributed by atoms with Gasteiger partial charge >= 0.3 is 12.8 Å². The number of nitrogens with zero attached hydrogens (tertiary/aromatic N) is 3. The van der Waals surface area contributed by atoms with Crippen LogP contribution in [0, 0.1) is 23.2 Å². The zero-order valence-corrected chi connectivity index (χ0v) is 13.3. The Kier molecular flexibility index (Phi) is 5.37. The summed E-state index contributed by atoms with van der Waals surface area (Å²) >= 11 is 0. The van der Waals surface area contributed by atoms with Crippen LogP contribution in [-0.2, 0) is 0 Å². The van der Waals surface area contributed by atoms with Crippen LogP contribution in [0.25, 0.3) is 0 Å². The van der Waals surface area contributed by atoms with E-state index in [1.807, 2.05) is 0 Å². The van der Waals surface area contributed by atoms with Crippen LogP contribution in [0.15, 0.2) is 12.3 Å². The summed E-state index contributed by atoms with van der Waals surface area (Å²) in [5.41, 5.74) is -0.337. The minimum Gasteiger partial charge on any atom is -0.432 e. The van der Waals surface area contributed by atoms with Gasteiger partial charge in [-0.25, -0.2) is 4.98 Å². The molecule has 1 saturated heterocycles. The van der Waals surface area contributed by atoms with Crippen LogP contribution in [0.1, 0.15) is 19.5 Å². The van der Waals surface area contributed by atoms with Crippen LogP contribution in [0.4, 0.5) is 27.6 Å². The van der Waals surface area contributed by atoms with E-state index in [0.717, 1.165) is 12.3 Å². The fourth-order valence-electron chi connectivity index (χ4n) is 3.01. The Morgan fingerprint density at radius 1 is 1.40 bits per heavy atom. The molecule has 2 rings (SSSR count). The van der Waals surface area contributed by atoms with E-state index in [1.54, 1.807) is 19.9 Å². The van der Waals surface area contributed by atoms with Crippen molar-refractivity contribution in [3.05, 3.63) is 18.0 Å². The molecule has 0 spiro atoms. The van der Waals surface area contributed by atoms with Crippen LogP contribution < -0.4 is 9.64 Å². The van der Waals surface area contributed by atoms with Gasteiger partial charge in [0.05, 0.1) is 17.9 Å². The predicted octanol–water partition coefficient (Wildman–Crippen LogP) is 2.94. The highest BCUT2D eigenvalue weighted by atomic mass is 19.4. The Hall–Kier alpha value is -2.15. The lowest BCUT2D eigenvalue weighted by atomic mass is 9.90. The van der Waals surface area contributed by atoms with Gasteiger partial charge in [-0.05, 0) is 11.8 Å². The van der Waals surface area contributed by atoms with Crippen molar-refractivity contribution in [2.75, 3.05) is 11.4 Å². The Morgan fingerprint density at radius 3 is 2.56 bits per heavy atom. The first-order chi connectivity index (χ1) is 11.6. The molecule has 0 unspecified atom stereocenters. The number of rotatable bonds is 4. The number of halogens is 5. The molecule has 1 fully saturated rings. The van der Waals surface area contributed by atoms with Crippen molar-refractivity contribution >= 4 is 5.69 Å².